The van der Waals surface area contributed by atoms with Gasteiger partial charge < -0.3 is 15.1 Å². The van der Waals surface area contributed by atoms with Gasteiger partial charge in [0, 0.05) is 41.9 Å². The third-order valence-electron chi connectivity index (χ3n) is 8.04. The van der Waals surface area contributed by atoms with Crippen LogP contribution in [0.4, 0.5) is 20.5 Å². The van der Waals surface area contributed by atoms with Crippen LogP contribution in [0.25, 0.3) is 0 Å². The molecule has 2 aliphatic heterocycles. The number of likely N-dealkylation sites (tertiary alicyclic amines) is 1. The Labute approximate surface area is 216 Å². The van der Waals surface area contributed by atoms with Crippen LogP contribution in [-0.2, 0) is 0 Å². The second-order valence-electron chi connectivity index (χ2n) is 10.6. The first-order valence-corrected chi connectivity index (χ1v) is 13.4. The maximum atomic E-state index is 13.7. The van der Waals surface area contributed by atoms with Crippen molar-refractivity contribution >= 4 is 35.0 Å². The summed E-state index contributed by atoms with van der Waals surface area (Å²) in [7, 11) is 0. The number of benzene rings is 1. The molecule has 2 atom stereocenters. The van der Waals surface area contributed by atoms with Crippen molar-refractivity contribution in [2.24, 2.45) is 17.8 Å². The van der Waals surface area contributed by atoms with Gasteiger partial charge in [-0.2, -0.15) is 4.98 Å². The standard InChI is InChI=1S/C26H33Cl2F2N5/c1-15-8-20(9-15)34-7-3-4-17(12-34)18-13-35(14-18)26-31-11-22(24(29)30)25(33-26)32-16(2)21-6-5-19(27)10-23(21)28/h5-6,10-11,15-18,20,24H,3-4,7-9,12-14H2,1-2H3,(H,31,32,33)/t15?,16-,17+,20?/m1/s1. The fourth-order valence-corrected chi connectivity index (χ4v) is 6.41. The van der Waals surface area contributed by atoms with Gasteiger partial charge in [0.1, 0.15) is 5.82 Å². The number of hydrogen-bond acceptors (Lipinski definition) is 5. The van der Waals surface area contributed by atoms with Crippen LogP contribution in [0, 0.1) is 17.8 Å². The molecule has 1 aromatic heterocycles. The highest BCUT2D eigenvalue weighted by molar-refractivity contribution is 6.35. The quantitative estimate of drug-likeness (QED) is 0.430. The van der Waals surface area contributed by atoms with E-state index in [1.54, 1.807) is 18.2 Å². The van der Waals surface area contributed by atoms with Gasteiger partial charge in [-0.3, -0.25) is 0 Å². The van der Waals surface area contributed by atoms with Crippen molar-refractivity contribution in [3.8, 4) is 0 Å². The average molecular weight is 524 g/mol. The molecule has 1 N–H and O–H groups in total. The van der Waals surface area contributed by atoms with Gasteiger partial charge in [-0.05, 0) is 74.6 Å². The predicted octanol–water partition coefficient (Wildman–Crippen LogP) is 6.84. The Kier molecular flexibility index (Phi) is 7.38. The average Bonchev–Trinajstić information content (AvgIpc) is 2.76. The first-order valence-electron chi connectivity index (χ1n) is 12.6. The molecule has 0 unspecified atom stereocenters. The summed E-state index contributed by atoms with van der Waals surface area (Å²) >= 11 is 12.3. The molecule has 2 saturated heterocycles. The Morgan fingerprint density at radius 1 is 1.09 bits per heavy atom. The van der Waals surface area contributed by atoms with Crippen LogP contribution >= 0.6 is 23.2 Å². The molecule has 35 heavy (non-hydrogen) atoms. The Balaban J connectivity index is 1.24. The van der Waals surface area contributed by atoms with E-state index in [2.05, 4.69) is 32.0 Å². The van der Waals surface area contributed by atoms with Crippen molar-refractivity contribution in [1.29, 1.82) is 0 Å². The summed E-state index contributed by atoms with van der Waals surface area (Å²) in [6.45, 7) is 8.39. The molecule has 190 valence electrons. The number of piperidine rings is 1. The van der Waals surface area contributed by atoms with E-state index in [9.17, 15) is 8.78 Å². The first-order chi connectivity index (χ1) is 16.8. The van der Waals surface area contributed by atoms with E-state index in [0.717, 1.165) is 30.6 Å². The summed E-state index contributed by atoms with van der Waals surface area (Å²) in [5.41, 5.74) is 0.559. The lowest BCUT2D eigenvalue weighted by Gasteiger charge is -2.50. The zero-order valence-corrected chi connectivity index (χ0v) is 21.7. The van der Waals surface area contributed by atoms with Gasteiger partial charge in [0.2, 0.25) is 5.95 Å². The normalized spacial score (nSPS) is 26.4. The van der Waals surface area contributed by atoms with Crippen molar-refractivity contribution in [1.82, 2.24) is 14.9 Å². The minimum Gasteiger partial charge on any atom is -0.363 e. The van der Waals surface area contributed by atoms with Crippen LogP contribution in [0.3, 0.4) is 0 Å². The van der Waals surface area contributed by atoms with E-state index < -0.39 is 6.43 Å². The molecule has 3 aliphatic rings. The fraction of sp³-hybridized carbons (Fsp3) is 0.615. The summed E-state index contributed by atoms with van der Waals surface area (Å²) < 4.78 is 27.4. The summed E-state index contributed by atoms with van der Waals surface area (Å²) in [5, 5.41) is 4.14. The highest BCUT2D eigenvalue weighted by Gasteiger charge is 2.40. The van der Waals surface area contributed by atoms with Crippen molar-refractivity contribution in [2.45, 2.75) is 58.0 Å². The number of aromatic nitrogens is 2. The monoisotopic (exact) mass is 523 g/mol. The molecule has 0 bridgehead atoms. The molecule has 0 radical (unpaired) electrons. The summed E-state index contributed by atoms with van der Waals surface area (Å²) in [6, 6.07) is 5.63. The molecule has 0 amide bonds. The third kappa shape index (κ3) is 5.37. The van der Waals surface area contributed by atoms with Crippen molar-refractivity contribution in [2.75, 3.05) is 36.4 Å². The van der Waals surface area contributed by atoms with Gasteiger partial charge in [-0.25, -0.2) is 13.8 Å². The maximum Gasteiger partial charge on any atom is 0.268 e. The second-order valence-corrected chi connectivity index (χ2v) is 11.4. The SMILES string of the molecule is CC1CC(N2CCC[C@H](C3CN(c4ncc(C(F)F)c(N[C@H](C)c5ccc(Cl)cc5Cl)n4)C3)C2)C1. The number of anilines is 2. The van der Waals surface area contributed by atoms with Gasteiger partial charge >= 0.3 is 0 Å². The fourth-order valence-electron chi connectivity index (χ4n) is 5.83. The number of nitrogens with one attached hydrogen (secondary N) is 1. The van der Waals surface area contributed by atoms with Crippen LogP contribution in [0.15, 0.2) is 24.4 Å². The molecule has 1 aliphatic carbocycles. The van der Waals surface area contributed by atoms with Crippen LogP contribution in [0.5, 0.6) is 0 Å². The van der Waals surface area contributed by atoms with Gasteiger partial charge in [0.15, 0.2) is 0 Å². The number of alkyl halides is 2. The third-order valence-corrected chi connectivity index (χ3v) is 8.60. The molecule has 1 aromatic carbocycles. The molecule has 3 fully saturated rings. The zero-order chi connectivity index (χ0) is 24.7. The number of nitrogens with zero attached hydrogens (tertiary/aromatic N) is 4. The predicted molar refractivity (Wildman–Crippen MR) is 138 cm³/mol. The van der Waals surface area contributed by atoms with E-state index >= 15 is 0 Å². The highest BCUT2D eigenvalue weighted by atomic mass is 35.5. The summed E-state index contributed by atoms with van der Waals surface area (Å²) in [4.78, 5) is 13.6. The topological polar surface area (TPSA) is 44.3 Å². The van der Waals surface area contributed by atoms with E-state index in [-0.39, 0.29) is 17.4 Å². The Bertz CT molecular complexity index is 1040. The molecule has 5 nitrogen and oxygen atoms in total. The molecule has 1 saturated carbocycles. The largest absolute Gasteiger partial charge is 0.363 e. The Hall–Kier alpha value is -1.70. The second kappa shape index (κ2) is 10.3. The summed E-state index contributed by atoms with van der Waals surface area (Å²) in [6.07, 6.45) is 3.79. The molecule has 3 heterocycles. The van der Waals surface area contributed by atoms with E-state index in [0.29, 0.717) is 27.8 Å². The van der Waals surface area contributed by atoms with Crippen LogP contribution in [-0.4, -0.2) is 47.1 Å². The molecule has 5 rings (SSSR count). The highest BCUT2D eigenvalue weighted by Crippen LogP contribution is 2.38. The lowest BCUT2D eigenvalue weighted by molar-refractivity contribution is 0.0294. The van der Waals surface area contributed by atoms with Gasteiger partial charge in [0.25, 0.3) is 6.43 Å². The number of rotatable bonds is 7. The van der Waals surface area contributed by atoms with E-state index in [1.165, 1.54) is 45.0 Å². The maximum absolute atomic E-state index is 13.7. The van der Waals surface area contributed by atoms with E-state index in [1.807, 2.05) is 6.92 Å². The first kappa shape index (κ1) is 25.0. The summed E-state index contributed by atoms with van der Waals surface area (Å²) in [5.74, 6) is 2.82. The zero-order valence-electron chi connectivity index (χ0n) is 20.2. The smallest absolute Gasteiger partial charge is 0.268 e. The molecule has 2 aromatic rings. The van der Waals surface area contributed by atoms with Gasteiger partial charge in [0.05, 0.1) is 11.6 Å². The molecular weight excluding hydrogens is 491 g/mol. The molecular formula is C26H33Cl2F2N5. The van der Waals surface area contributed by atoms with Crippen molar-refractivity contribution < 1.29 is 8.78 Å². The van der Waals surface area contributed by atoms with Crippen LogP contribution in [0.1, 0.15) is 63.1 Å². The van der Waals surface area contributed by atoms with Crippen LogP contribution in [0.2, 0.25) is 10.0 Å². The minimum atomic E-state index is -2.67. The Morgan fingerprint density at radius 2 is 1.86 bits per heavy atom. The lowest BCUT2D eigenvalue weighted by atomic mass is 9.76. The van der Waals surface area contributed by atoms with Crippen LogP contribution < -0.4 is 10.2 Å². The molecule has 0 spiro atoms. The lowest BCUT2D eigenvalue weighted by Crippen LogP contribution is -2.56. The van der Waals surface area contributed by atoms with Crippen molar-refractivity contribution in [3.63, 3.8) is 0 Å². The molecule has 9 heteroatoms. The van der Waals surface area contributed by atoms with Crippen molar-refractivity contribution in [3.05, 3.63) is 45.6 Å². The number of halogens is 4. The van der Waals surface area contributed by atoms with Gasteiger partial charge in [-0.1, -0.05) is 36.2 Å². The number of hydrogen-bond donors (Lipinski definition) is 1. The Morgan fingerprint density at radius 3 is 2.54 bits per heavy atom. The minimum absolute atomic E-state index is 0.148. The van der Waals surface area contributed by atoms with Gasteiger partial charge in [-0.15, -0.1) is 0 Å². The van der Waals surface area contributed by atoms with E-state index in [4.69, 9.17) is 23.2 Å².